The number of pyridine rings is 4. The lowest BCUT2D eigenvalue weighted by atomic mass is 10.2. The average Bonchev–Trinajstić information content (AvgIpc) is 3.33. The number of hydrogen-bond donors (Lipinski definition) is 4. The number of hydrogen-bond acceptors (Lipinski definition) is 18. The Balaban J connectivity index is 0.000000168. The molecule has 2 saturated heterocycles. The van der Waals surface area contributed by atoms with Gasteiger partial charge in [0.05, 0.1) is 43.1 Å². The number of piperazine rings is 2. The molecule has 21 heteroatoms. The third-order valence-corrected chi connectivity index (χ3v) is 11.8. The molecule has 8 heterocycles. The Morgan fingerprint density at radius 2 is 1.12 bits per heavy atom. The van der Waals surface area contributed by atoms with Crippen LogP contribution in [0.15, 0.2) is 116 Å². The summed E-state index contributed by atoms with van der Waals surface area (Å²) in [5.41, 5.74) is 0.417. The molecule has 2 aromatic carbocycles. The van der Waals surface area contributed by atoms with Crippen LogP contribution in [0.3, 0.4) is 0 Å². The number of anilines is 4. The van der Waals surface area contributed by atoms with Crippen LogP contribution in [0, 0.1) is 16.8 Å². The van der Waals surface area contributed by atoms with E-state index in [4.69, 9.17) is 8.83 Å². The number of nitrogens with one attached hydrogen (secondary N) is 2. The van der Waals surface area contributed by atoms with Gasteiger partial charge in [0.1, 0.15) is 58.7 Å². The largest absolute Gasteiger partial charge is 0.633 e. The van der Waals surface area contributed by atoms with Crippen LogP contribution in [0.25, 0.3) is 43.5 Å². The van der Waals surface area contributed by atoms with Crippen molar-refractivity contribution in [1.82, 2.24) is 34.8 Å². The first-order valence-electron chi connectivity index (χ1n) is 21.7. The van der Waals surface area contributed by atoms with E-state index in [1.54, 1.807) is 24.8 Å². The van der Waals surface area contributed by atoms with Crippen LogP contribution in [0.2, 0.25) is 0 Å². The number of aromatic nitrogens is 6. The summed E-state index contributed by atoms with van der Waals surface area (Å²) in [6.07, 6.45) is 8.98. The highest BCUT2D eigenvalue weighted by Gasteiger charge is 2.30. The van der Waals surface area contributed by atoms with Crippen molar-refractivity contribution in [2.24, 2.45) is 0 Å². The SMILES string of the molecule is O=c1nc(NCC(O)CN2CCN(c3nccc4ccncc34)CC2)c2cc(F)ccc2o1.O=c1nc(NCC(O)C[N+]2([O-])CCN(c3nccc4ccncc34)CC2)c2cc(F)ccc2o1. The zero-order chi connectivity index (χ0) is 46.5. The van der Waals surface area contributed by atoms with Crippen LogP contribution >= 0.6 is 0 Å². The predicted octanol–water partition coefficient (Wildman–Crippen LogP) is 3.74. The van der Waals surface area contributed by atoms with E-state index in [0.29, 0.717) is 25.0 Å². The van der Waals surface area contributed by atoms with Crippen molar-refractivity contribution in [1.29, 1.82) is 0 Å². The molecule has 0 aliphatic carbocycles. The molecule has 0 saturated carbocycles. The van der Waals surface area contributed by atoms with Crippen LogP contribution in [0.4, 0.5) is 32.1 Å². The normalized spacial score (nSPS) is 16.2. The molecule has 67 heavy (non-hydrogen) atoms. The topological polar surface area (TPSA) is 235 Å². The number of benzene rings is 2. The van der Waals surface area contributed by atoms with Crippen molar-refractivity contribution in [2.75, 3.05) is 99.0 Å². The molecule has 2 aliphatic heterocycles. The lowest BCUT2D eigenvalue weighted by Gasteiger charge is -2.49. The van der Waals surface area contributed by atoms with Gasteiger partial charge in [-0.05, 0) is 71.4 Å². The maximum atomic E-state index is 13.6. The van der Waals surface area contributed by atoms with Gasteiger partial charge >= 0.3 is 11.5 Å². The van der Waals surface area contributed by atoms with Crippen LogP contribution in [0.1, 0.15) is 0 Å². The zero-order valence-electron chi connectivity index (χ0n) is 36.0. The molecule has 2 fully saturated rings. The van der Waals surface area contributed by atoms with Crippen molar-refractivity contribution in [3.63, 3.8) is 0 Å². The molecule has 6 aromatic heterocycles. The van der Waals surface area contributed by atoms with Crippen molar-refractivity contribution >= 4 is 66.8 Å². The molecule has 346 valence electrons. The van der Waals surface area contributed by atoms with Gasteiger partial charge in [-0.15, -0.1) is 0 Å². The maximum Gasteiger partial charge on any atom is 0.441 e. The molecule has 8 aromatic rings. The number of aliphatic hydroxyl groups is 2. The van der Waals surface area contributed by atoms with Crippen LogP contribution in [-0.4, -0.2) is 140 Å². The predicted molar refractivity (Wildman–Crippen MR) is 248 cm³/mol. The van der Waals surface area contributed by atoms with E-state index in [9.17, 15) is 33.8 Å². The number of aliphatic hydroxyl groups excluding tert-OH is 2. The van der Waals surface area contributed by atoms with Gasteiger partial charge in [-0.1, -0.05) is 0 Å². The summed E-state index contributed by atoms with van der Waals surface area (Å²) in [6, 6.07) is 15.4. The molecule has 10 rings (SSSR count). The lowest BCUT2D eigenvalue weighted by Crippen LogP contribution is -2.59. The molecule has 0 spiro atoms. The average molecular weight is 917 g/mol. The monoisotopic (exact) mass is 916 g/mol. The minimum Gasteiger partial charge on any atom is -0.633 e. The Morgan fingerprint density at radius 3 is 1.64 bits per heavy atom. The second-order valence-corrected chi connectivity index (χ2v) is 16.4. The Kier molecular flexibility index (Phi) is 13.2. The summed E-state index contributed by atoms with van der Waals surface area (Å²) >= 11 is 0. The van der Waals surface area contributed by atoms with E-state index in [0.717, 1.165) is 59.4 Å². The van der Waals surface area contributed by atoms with Crippen molar-refractivity contribution in [2.45, 2.75) is 12.2 Å². The number of halogens is 2. The summed E-state index contributed by atoms with van der Waals surface area (Å²) in [6.45, 7) is 5.26. The molecule has 2 aliphatic rings. The molecule has 2 atom stereocenters. The molecule has 4 N–H and O–H groups in total. The number of nitrogens with zero attached hydrogens (tertiary/aromatic N) is 10. The van der Waals surface area contributed by atoms with Gasteiger partial charge in [-0.2, -0.15) is 9.97 Å². The Labute approximate surface area is 380 Å². The quantitative estimate of drug-likeness (QED) is 0.101. The molecule has 19 nitrogen and oxygen atoms in total. The molecule has 0 amide bonds. The van der Waals surface area contributed by atoms with Gasteiger partial charge in [0.25, 0.3) is 0 Å². The van der Waals surface area contributed by atoms with Gasteiger partial charge in [0.2, 0.25) is 0 Å². The Bertz CT molecular complexity index is 3140. The van der Waals surface area contributed by atoms with Crippen LogP contribution < -0.4 is 31.9 Å². The minimum absolute atomic E-state index is 0.0232. The van der Waals surface area contributed by atoms with E-state index in [1.165, 1.54) is 36.4 Å². The summed E-state index contributed by atoms with van der Waals surface area (Å²) < 4.78 is 36.7. The lowest BCUT2D eigenvalue weighted by molar-refractivity contribution is -0.884. The number of fused-ring (bicyclic) bond motifs is 4. The fourth-order valence-corrected chi connectivity index (χ4v) is 8.46. The second kappa shape index (κ2) is 19.7. The summed E-state index contributed by atoms with van der Waals surface area (Å²) in [5.74, 6) is -0.567. The van der Waals surface area contributed by atoms with Crippen LogP contribution in [-0.2, 0) is 0 Å². The van der Waals surface area contributed by atoms with Crippen molar-refractivity contribution in [3.05, 3.63) is 136 Å². The summed E-state index contributed by atoms with van der Waals surface area (Å²) in [4.78, 5) is 54.8. The number of hydroxylamine groups is 3. The van der Waals surface area contributed by atoms with E-state index in [-0.39, 0.29) is 60.9 Å². The van der Waals surface area contributed by atoms with Gasteiger partial charge < -0.3 is 49.3 Å². The smallest absolute Gasteiger partial charge is 0.441 e. The summed E-state index contributed by atoms with van der Waals surface area (Å²) in [5, 5.41) is 44.9. The highest BCUT2D eigenvalue weighted by atomic mass is 19.1. The van der Waals surface area contributed by atoms with Gasteiger partial charge in [-0.25, -0.2) is 28.3 Å². The number of β-amino-alcohol motifs (C(OH)–C–C–N with tert-alkyl or cyclic N) is 1. The molecule has 0 radical (unpaired) electrons. The minimum atomic E-state index is -0.999. The zero-order valence-corrected chi connectivity index (χ0v) is 36.0. The number of quaternary nitrogens is 1. The van der Waals surface area contributed by atoms with E-state index >= 15 is 0 Å². The Hall–Kier alpha value is -7.30. The Morgan fingerprint density at radius 1 is 0.642 bits per heavy atom. The highest BCUT2D eigenvalue weighted by Crippen LogP contribution is 2.28. The fourth-order valence-electron chi connectivity index (χ4n) is 8.46. The van der Waals surface area contributed by atoms with Gasteiger partial charge in [0, 0.05) is 93.8 Å². The second-order valence-electron chi connectivity index (χ2n) is 16.4. The fraction of sp³-hybridized carbons (Fsp3) is 0.304. The number of rotatable bonds is 12. The summed E-state index contributed by atoms with van der Waals surface area (Å²) in [7, 11) is 0. The first kappa shape index (κ1) is 44.9. The van der Waals surface area contributed by atoms with E-state index < -0.39 is 40.0 Å². The molecule has 2 unspecified atom stereocenters. The molecular formula is C46H46F2N12O7. The van der Waals surface area contributed by atoms with Gasteiger partial charge in [0.15, 0.2) is 0 Å². The van der Waals surface area contributed by atoms with E-state index in [2.05, 4.69) is 55.2 Å². The van der Waals surface area contributed by atoms with Crippen LogP contribution in [0.5, 0.6) is 0 Å². The first-order valence-corrected chi connectivity index (χ1v) is 21.7. The highest BCUT2D eigenvalue weighted by molar-refractivity contribution is 5.92. The molecular weight excluding hydrogens is 871 g/mol. The van der Waals surface area contributed by atoms with Crippen molar-refractivity contribution in [3.8, 4) is 0 Å². The molecule has 0 bridgehead atoms. The van der Waals surface area contributed by atoms with Crippen molar-refractivity contribution < 1.29 is 32.5 Å². The van der Waals surface area contributed by atoms with Gasteiger partial charge in [-0.3, -0.25) is 14.9 Å². The maximum absolute atomic E-state index is 13.6. The third-order valence-electron chi connectivity index (χ3n) is 11.8. The van der Waals surface area contributed by atoms with E-state index in [1.807, 2.05) is 36.7 Å². The first-order chi connectivity index (χ1) is 32.5. The third kappa shape index (κ3) is 10.6. The standard InChI is InChI=1S/C23H23FN6O4.C23H23FN6O3/c24-16-1-2-20-18(11-16)21(28-23(32)34-20)27-12-17(31)14-30(33)9-7-29(8-10-30)22-19-13-25-5-3-15(19)4-6-26-22;24-16-1-2-20-18(11-16)21(28-23(32)33-20)27-12-17(31)14-29-7-9-30(10-8-29)22-19-13-25-5-3-15(19)4-6-26-22/h1-6,11,13,17,31H,7-10,12,14H2,(H,27,28,32);1-6,11,13,17,31H,7-10,12,14H2,(H,27,28,32).